The lowest BCUT2D eigenvalue weighted by molar-refractivity contribution is 0.0689. The molecule has 0 radical (unpaired) electrons. The van der Waals surface area contributed by atoms with Gasteiger partial charge in [0.05, 0.1) is 28.2 Å². The second kappa shape index (κ2) is 10.8. The lowest BCUT2D eigenvalue weighted by atomic mass is 9.99. The van der Waals surface area contributed by atoms with Gasteiger partial charge in [0.25, 0.3) is 5.91 Å². The van der Waals surface area contributed by atoms with Crippen molar-refractivity contribution in [3.8, 4) is 11.5 Å². The quantitative estimate of drug-likeness (QED) is 0.195. The van der Waals surface area contributed by atoms with Crippen LogP contribution in [-0.2, 0) is 0 Å². The summed E-state index contributed by atoms with van der Waals surface area (Å²) in [5, 5.41) is 33.4. The number of para-hydroxylation sites is 1. The molecule has 2 aromatic carbocycles. The van der Waals surface area contributed by atoms with E-state index in [9.17, 15) is 20.1 Å². The number of allylic oxidation sites excluding steroid dienone is 3. The van der Waals surface area contributed by atoms with Gasteiger partial charge in [0.2, 0.25) is 0 Å². The number of phenolic OH excluding ortho intramolecular Hbond substituents is 2. The van der Waals surface area contributed by atoms with Gasteiger partial charge in [0.15, 0.2) is 0 Å². The number of rotatable bonds is 9. The number of hydrogen-bond donors (Lipinski definition) is 4. The molecule has 0 bridgehead atoms. The van der Waals surface area contributed by atoms with Gasteiger partial charge in [-0.2, -0.15) is 0 Å². The van der Waals surface area contributed by atoms with Crippen molar-refractivity contribution in [3.63, 3.8) is 0 Å². The first-order valence-corrected chi connectivity index (χ1v) is 11.8. The van der Waals surface area contributed by atoms with E-state index in [1.807, 2.05) is 19.9 Å². The minimum absolute atomic E-state index is 0.00292. The van der Waals surface area contributed by atoms with Gasteiger partial charge in [-0.3, -0.25) is 4.79 Å². The van der Waals surface area contributed by atoms with E-state index in [2.05, 4.69) is 25.2 Å². The Bertz CT molecular complexity index is 1100. The molecule has 0 atom stereocenters. The van der Waals surface area contributed by atoms with Crippen LogP contribution >= 0.6 is 0 Å². The lowest BCUT2D eigenvalue weighted by Crippen LogP contribution is -2.30. The monoisotopic (exact) mass is 464 g/mol. The molecule has 0 aromatic heterocycles. The Hall–Kier alpha value is -3.25. The van der Waals surface area contributed by atoms with Crippen LogP contribution in [0.3, 0.4) is 0 Å². The Labute approximate surface area is 202 Å². The number of hydrogen-bond acceptors (Lipinski definition) is 5. The maximum atomic E-state index is 13.4. The van der Waals surface area contributed by atoms with Crippen molar-refractivity contribution in [2.24, 2.45) is 0 Å². The normalized spacial score (nSPS) is 14.4. The van der Waals surface area contributed by atoms with Gasteiger partial charge in [0, 0.05) is 12.6 Å². The van der Waals surface area contributed by atoms with Crippen LogP contribution in [0, 0.1) is 0 Å². The summed E-state index contributed by atoms with van der Waals surface area (Å²) in [6.45, 7) is 8.22. The van der Waals surface area contributed by atoms with Crippen molar-refractivity contribution in [3.05, 3.63) is 65.3 Å². The number of carbonyl (C=O) groups excluding carboxylic acids is 1. The molecule has 0 fully saturated rings. The van der Waals surface area contributed by atoms with Crippen LogP contribution < -0.4 is 10.2 Å². The molecule has 0 saturated carbocycles. The molecule has 1 aliphatic heterocycles. The summed E-state index contributed by atoms with van der Waals surface area (Å²) in [6, 6.07) is 9.69. The average molecular weight is 465 g/mol. The van der Waals surface area contributed by atoms with Crippen molar-refractivity contribution >= 4 is 23.0 Å². The molecule has 0 spiro atoms. The topological polar surface area (TPSA) is 93.0 Å². The third-order valence-electron chi connectivity index (χ3n) is 6.06. The van der Waals surface area contributed by atoms with Gasteiger partial charge in [-0.05, 0) is 84.1 Å². The minimum Gasteiger partial charge on any atom is -0.508 e. The Morgan fingerprint density at radius 3 is 2.53 bits per heavy atom. The van der Waals surface area contributed by atoms with Crippen LogP contribution in [0.5, 0.6) is 11.5 Å². The molecule has 34 heavy (non-hydrogen) atoms. The van der Waals surface area contributed by atoms with E-state index in [0.29, 0.717) is 29.2 Å². The summed E-state index contributed by atoms with van der Waals surface area (Å²) in [5.41, 5.74) is 3.83. The van der Waals surface area contributed by atoms with Crippen LogP contribution in [0.15, 0.2) is 59.7 Å². The van der Waals surface area contributed by atoms with Gasteiger partial charge in [-0.1, -0.05) is 29.4 Å². The number of aromatic hydroxyl groups is 2. The van der Waals surface area contributed by atoms with E-state index >= 15 is 0 Å². The van der Waals surface area contributed by atoms with E-state index in [0.717, 1.165) is 32.1 Å². The van der Waals surface area contributed by atoms with Crippen molar-refractivity contribution in [1.29, 1.82) is 0 Å². The number of fused-ring (bicyclic) bond motifs is 2. The van der Waals surface area contributed by atoms with Crippen LogP contribution in [0.4, 0.5) is 17.1 Å². The number of anilines is 3. The molecule has 1 heterocycles. The maximum Gasteiger partial charge on any atom is 0.260 e. The first kappa shape index (κ1) is 25.4. The maximum absolute atomic E-state index is 13.4. The molecular weight excluding hydrogens is 428 g/mol. The van der Waals surface area contributed by atoms with Gasteiger partial charge < -0.3 is 25.5 Å². The molecule has 4 N–H and O–H groups in total. The molecule has 182 valence electrons. The standard InChI is InChI=1S/C28H36N2O4/c1-19(10-7-16-28(3,4)34)8-5-9-20(2)15-17-30-24-18-21(31)13-14-23(24)29-26-22(27(30)33)11-6-12-25(26)32/h6,8,11-15,18,29,31-32,34H,5,7,9-10,16-17H2,1-4H3/b19-8+,20-15+. The SMILES string of the molecule is C/C(=C\CN1C(=O)c2cccc(O)c2Nc2ccc(O)cc21)CC/C=C(\C)CCCC(C)(C)O. The molecule has 0 aliphatic carbocycles. The van der Waals surface area contributed by atoms with Gasteiger partial charge in [0.1, 0.15) is 11.5 Å². The Morgan fingerprint density at radius 2 is 1.79 bits per heavy atom. The second-order valence-electron chi connectivity index (χ2n) is 9.75. The first-order chi connectivity index (χ1) is 16.0. The molecule has 1 amide bonds. The van der Waals surface area contributed by atoms with Crippen molar-refractivity contribution in [2.75, 3.05) is 16.8 Å². The van der Waals surface area contributed by atoms with E-state index in [4.69, 9.17) is 0 Å². The fourth-order valence-electron chi connectivity index (χ4n) is 4.07. The average Bonchev–Trinajstić information content (AvgIpc) is 2.86. The fraction of sp³-hybridized carbons (Fsp3) is 0.393. The molecule has 1 aliphatic rings. The summed E-state index contributed by atoms with van der Waals surface area (Å²) >= 11 is 0. The first-order valence-electron chi connectivity index (χ1n) is 11.8. The molecule has 3 rings (SSSR count). The van der Waals surface area contributed by atoms with E-state index in [1.165, 1.54) is 11.1 Å². The number of carbonyl (C=O) groups is 1. The van der Waals surface area contributed by atoms with Crippen molar-refractivity contribution in [2.45, 2.75) is 65.4 Å². The molecule has 2 aromatic rings. The molecule has 6 nitrogen and oxygen atoms in total. The third-order valence-corrected chi connectivity index (χ3v) is 6.06. The summed E-state index contributed by atoms with van der Waals surface area (Å²) in [6.07, 6.45) is 8.82. The van der Waals surface area contributed by atoms with Crippen LogP contribution in [0.1, 0.15) is 70.2 Å². The predicted molar refractivity (Wildman–Crippen MR) is 138 cm³/mol. The molecule has 6 heteroatoms. The molecule has 0 unspecified atom stereocenters. The second-order valence-corrected chi connectivity index (χ2v) is 9.75. The van der Waals surface area contributed by atoms with Crippen molar-refractivity contribution < 1.29 is 20.1 Å². The molecular formula is C28H36N2O4. The molecule has 0 saturated heterocycles. The summed E-state index contributed by atoms with van der Waals surface area (Å²) in [5.74, 6) is -0.170. The zero-order valence-corrected chi connectivity index (χ0v) is 20.6. The van der Waals surface area contributed by atoms with Gasteiger partial charge >= 0.3 is 0 Å². The summed E-state index contributed by atoms with van der Waals surface area (Å²) in [4.78, 5) is 15.0. The van der Waals surface area contributed by atoms with Crippen molar-refractivity contribution in [1.82, 2.24) is 0 Å². The number of aliphatic hydroxyl groups is 1. The summed E-state index contributed by atoms with van der Waals surface area (Å²) < 4.78 is 0. The zero-order chi connectivity index (χ0) is 24.9. The Kier molecular flexibility index (Phi) is 8.05. The number of amides is 1. The number of nitrogens with zero attached hydrogens (tertiary/aromatic N) is 1. The Balaban J connectivity index is 1.70. The lowest BCUT2D eigenvalue weighted by Gasteiger charge is -2.22. The highest BCUT2D eigenvalue weighted by atomic mass is 16.3. The number of phenols is 2. The Morgan fingerprint density at radius 1 is 1.06 bits per heavy atom. The third kappa shape index (κ3) is 6.64. The van der Waals surface area contributed by atoms with E-state index in [1.54, 1.807) is 41.3 Å². The van der Waals surface area contributed by atoms with E-state index in [-0.39, 0.29) is 17.4 Å². The number of nitrogens with one attached hydrogen (secondary N) is 1. The predicted octanol–water partition coefficient (Wildman–Crippen LogP) is 6.42. The minimum atomic E-state index is -0.617. The summed E-state index contributed by atoms with van der Waals surface area (Å²) in [7, 11) is 0. The van der Waals surface area contributed by atoms with Crippen LogP contribution in [0.2, 0.25) is 0 Å². The largest absolute Gasteiger partial charge is 0.508 e. The smallest absolute Gasteiger partial charge is 0.260 e. The number of benzene rings is 2. The highest BCUT2D eigenvalue weighted by Crippen LogP contribution is 2.41. The fourth-order valence-corrected chi connectivity index (χ4v) is 4.07. The van der Waals surface area contributed by atoms with Gasteiger partial charge in [-0.25, -0.2) is 0 Å². The highest BCUT2D eigenvalue weighted by molar-refractivity contribution is 6.14. The van der Waals surface area contributed by atoms with Crippen LogP contribution in [0.25, 0.3) is 0 Å². The highest BCUT2D eigenvalue weighted by Gasteiger charge is 2.28. The van der Waals surface area contributed by atoms with Crippen LogP contribution in [-0.4, -0.2) is 33.4 Å². The van der Waals surface area contributed by atoms with Gasteiger partial charge in [-0.15, -0.1) is 0 Å². The zero-order valence-electron chi connectivity index (χ0n) is 20.6. The van der Waals surface area contributed by atoms with E-state index < -0.39 is 5.60 Å².